The van der Waals surface area contributed by atoms with Gasteiger partial charge in [-0.15, -0.1) is 0 Å². The van der Waals surface area contributed by atoms with Crippen LogP contribution in [0.15, 0.2) is 24.3 Å². The van der Waals surface area contributed by atoms with Crippen LogP contribution in [0.1, 0.15) is 19.4 Å². The van der Waals surface area contributed by atoms with E-state index in [-0.39, 0.29) is 12.3 Å². The predicted octanol–water partition coefficient (Wildman–Crippen LogP) is 0.526. The number of nitrogens with zero attached hydrogens (tertiary/aromatic N) is 1. The topological polar surface area (TPSA) is 138 Å². The lowest BCUT2D eigenvalue weighted by molar-refractivity contribution is -0.384. The molecule has 1 aromatic carbocycles. The molecule has 150 valence electrons. The van der Waals surface area contributed by atoms with Crippen molar-refractivity contribution in [2.45, 2.75) is 50.7 Å². The van der Waals surface area contributed by atoms with E-state index in [2.05, 4.69) is 0 Å². The van der Waals surface area contributed by atoms with Crippen molar-refractivity contribution in [3.8, 4) is 0 Å². The number of ether oxygens (including phenoxy) is 4. The highest BCUT2D eigenvalue weighted by molar-refractivity contribution is 5.75. The van der Waals surface area contributed by atoms with E-state index in [4.69, 9.17) is 18.9 Å². The first-order valence-corrected chi connectivity index (χ1v) is 8.26. The summed E-state index contributed by atoms with van der Waals surface area (Å²) in [6.07, 6.45) is -4.55. The average Bonchev–Trinajstić information content (AvgIpc) is 2.96. The van der Waals surface area contributed by atoms with Crippen molar-refractivity contribution >= 4 is 11.7 Å². The van der Waals surface area contributed by atoms with Crippen LogP contribution in [-0.4, -0.2) is 65.0 Å². The van der Waals surface area contributed by atoms with E-state index in [1.54, 1.807) is 13.8 Å². The molecule has 1 aromatic rings. The van der Waals surface area contributed by atoms with Gasteiger partial charge in [0, 0.05) is 12.1 Å². The largest absolute Gasteiger partial charge is 0.467 e. The number of aliphatic hydroxyl groups excluding tert-OH is 2. The van der Waals surface area contributed by atoms with Crippen molar-refractivity contribution in [3.05, 3.63) is 39.9 Å². The van der Waals surface area contributed by atoms with Crippen molar-refractivity contribution in [3.63, 3.8) is 0 Å². The highest BCUT2D eigenvalue weighted by Crippen LogP contribution is 2.33. The van der Waals surface area contributed by atoms with Gasteiger partial charge in [0.1, 0.15) is 18.3 Å². The van der Waals surface area contributed by atoms with Crippen LogP contribution in [0.25, 0.3) is 0 Å². The molecule has 0 saturated carbocycles. The highest BCUT2D eigenvalue weighted by Gasteiger charge is 2.51. The van der Waals surface area contributed by atoms with Crippen LogP contribution in [0.2, 0.25) is 0 Å². The minimum atomic E-state index is -1.29. The maximum Gasteiger partial charge on any atom is 0.337 e. The maximum absolute atomic E-state index is 12.2. The quantitative estimate of drug-likeness (QED) is 0.373. The van der Waals surface area contributed by atoms with E-state index < -0.39 is 47.7 Å². The van der Waals surface area contributed by atoms with E-state index >= 15 is 0 Å². The van der Waals surface area contributed by atoms with E-state index in [0.717, 1.165) is 0 Å². The van der Waals surface area contributed by atoms with Gasteiger partial charge in [-0.2, -0.15) is 0 Å². The van der Waals surface area contributed by atoms with Crippen molar-refractivity contribution < 1.29 is 38.9 Å². The molecule has 2 N–H and O–H groups in total. The molecule has 1 aliphatic heterocycles. The van der Waals surface area contributed by atoms with Gasteiger partial charge in [0.25, 0.3) is 5.69 Å². The van der Waals surface area contributed by atoms with Crippen LogP contribution in [0.5, 0.6) is 0 Å². The third kappa shape index (κ3) is 5.21. The summed E-state index contributed by atoms with van der Waals surface area (Å²) in [7, 11) is 1.18. The van der Waals surface area contributed by atoms with E-state index in [9.17, 15) is 25.1 Å². The van der Waals surface area contributed by atoms with Gasteiger partial charge in [-0.25, -0.2) is 4.79 Å². The Morgan fingerprint density at radius 2 is 1.89 bits per heavy atom. The van der Waals surface area contributed by atoms with Gasteiger partial charge in [-0.3, -0.25) is 10.1 Å². The van der Waals surface area contributed by atoms with E-state index in [1.807, 2.05) is 0 Å². The molecule has 10 nitrogen and oxygen atoms in total. The van der Waals surface area contributed by atoms with Crippen LogP contribution in [0.4, 0.5) is 5.69 Å². The molecular formula is C17H23NO9. The molecule has 0 unspecified atom stereocenters. The van der Waals surface area contributed by atoms with Crippen molar-refractivity contribution in [1.82, 2.24) is 0 Å². The highest BCUT2D eigenvalue weighted by atomic mass is 16.8. The number of methoxy groups -OCH3 is 1. The van der Waals surface area contributed by atoms with Crippen LogP contribution < -0.4 is 0 Å². The molecule has 0 radical (unpaired) electrons. The molecular weight excluding hydrogens is 362 g/mol. The zero-order valence-electron chi connectivity index (χ0n) is 15.2. The van der Waals surface area contributed by atoms with Gasteiger partial charge >= 0.3 is 5.97 Å². The Morgan fingerprint density at radius 1 is 1.30 bits per heavy atom. The first-order chi connectivity index (χ1) is 12.7. The first-order valence-electron chi connectivity index (χ1n) is 8.26. The summed E-state index contributed by atoms with van der Waals surface area (Å²) in [4.78, 5) is 22.4. The molecule has 0 spiro atoms. The Hall–Kier alpha value is -2.11. The first kappa shape index (κ1) is 21.2. The molecule has 10 heteroatoms. The fourth-order valence-electron chi connectivity index (χ4n) is 2.77. The average molecular weight is 385 g/mol. The fourth-order valence-corrected chi connectivity index (χ4v) is 2.77. The number of nitro groups is 1. The number of nitro benzene ring substituents is 1. The number of rotatable bonds is 8. The number of benzene rings is 1. The van der Waals surface area contributed by atoms with E-state index in [1.165, 1.54) is 31.4 Å². The van der Waals surface area contributed by atoms with Gasteiger partial charge in [0.05, 0.1) is 25.2 Å². The van der Waals surface area contributed by atoms with Gasteiger partial charge in [0.2, 0.25) is 0 Å². The minimum absolute atomic E-state index is 0.0556. The standard InChI is InChI=1S/C17H23NO9/c1-17(2)26-13(12(20)8-19)14(27-17)15(16(21)24-3)25-9-10-4-6-11(7-5-10)18(22)23/h4-7,12-15,19-20H,8-9H2,1-3H3/t12-,13-,14+,15-/m1/s1. The van der Waals surface area contributed by atoms with Crippen LogP contribution in [0.3, 0.4) is 0 Å². The third-order valence-corrected chi connectivity index (χ3v) is 4.04. The number of hydrogen-bond donors (Lipinski definition) is 2. The molecule has 2 rings (SSSR count). The molecule has 0 aliphatic carbocycles. The Balaban J connectivity index is 2.16. The lowest BCUT2D eigenvalue weighted by Crippen LogP contribution is -2.48. The van der Waals surface area contributed by atoms with Crippen LogP contribution in [0, 0.1) is 10.1 Å². The second kappa shape index (κ2) is 8.72. The Morgan fingerprint density at radius 3 is 2.41 bits per heavy atom. The van der Waals surface area contributed by atoms with Crippen molar-refractivity contribution in [2.75, 3.05) is 13.7 Å². The zero-order chi connectivity index (χ0) is 20.2. The molecule has 1 saturated heterocycles. The Labute approximate surface area is 155 Å². The molecule has 0 aromatic heterocycles. The lowest BCUT2D eigenvalue weighted by atomic mass is 10.0. The summed E-state index contributed by atoms with van der Waals surface area (Å²) in [6, 6.07) is 5.65. The maximum atomic E-state index is 12.2. The third-order valence-electron chi connectivity index (χ3n) is 4.04. The summed E-state index contributed by atoms with van der Waals surface area (Å²) < 4.78 is 21.7. The van der Waals surface area contributed by atoms with Gasteiger partial charge in [-0.05, 0) is 31.5 Å². The molecule has 1 aliphatic rings. The number of hydrogen-bond acceptors (Lipinski definition) is 9. The summed E-state index contributed by atoms with van der Waals surface area (Å²) in [5, 5.41) is 30.0. The summed E-state index contributed by atoms with van der Waals surface area (Å²) >= 11 is 0. The smallest absolute Gasteiger partial charge is 0.337 e. The minimum Gasteiger partial charge on any atom is -0.467 e. The number of aliphatic hydroxyl groups is 2. The zero-order valence-corrected chi connectivity index (χ0v) is 15.2. The summed E-state index contributed by atoms with van der Waals surface area (Å²) in [6.45, 7) is 2.57. The van der Waals surface area contributed by atoms with Gasteiger partial charge in [0.15, 0.2) is 11.9 Å². The second-order valence-electron chi connectivity index (χ2n) is 6.49. The Bertz CT molecular complexity index is 661. The molecule has 0 bridgehead atoms. The van der Waals surface area contributed by atoms with Crippen molar-refractivity contribution in [2.24, 2.45) is 0 Å². The monoisotopic (exact) mass is 385 g/mol. The summed E-state index contributed by atoms with van der Waals surface area (Å²) in [5.74, 6) is -1.84. The molecule has 0 amide bonds. The second-order valence-corrected chi connectivity index (χ2v) is 6.49. The molecule has 4 atom stereocenters. The number of carbonyl (C=O) groups is 1. The number of esters is 1. The lowest BCUT2D eigenvalue weighted by Gasteiger charge is -2.26. The van der Waals surface area contributed by atoms with Gasteiger partial charge in [-0.1, -0.05) is 0 Å². The van der Waals surface area contributed by atoms with Crippen molar-refractivity contribution in [1.29, 1.82) is 0 Å². The number of non-ortho nitro benzene ring substituents is 1. The van der Waals surface area contributed by atoms with Gasteiger partial charge < -0.3 is 29.2 Å². The summed E-state index contributed by atoms with van der Waals surface area (Å²) in [5.41, 5.74) is 0.524. The molecule has 1 heterocycles. The predicted molar refractivity (Wildman–Crippen MR) is 90.6 cm³/mol. The molecule has 27 heavy (non-hydrogen) atoms. The van der Waals surface area contributed by atoms with E-state index in [0.29, 0.717) is 5.56 Å². The number of carbonyl (C=O) groups excluding carboxylic acids is 1. The SMILES string of the molecule is COC(=O)[C@H](OCc1ccc([N+](=O)[O-])cc1)[C@H]1OC(C)(C)O[C@@H]1[C@H](O)CO. The van der Waals surface area contributed by atoms with Crippen LogP contribution in [-0.2, 0) is 30.3 Å². The Kier molecular flexibility index (Phi) is 6.84. The fraction of sp³-hybridized carbons (Fsp3) is 0.588. The normalized spacial score (nSPS) is 23.6. The molecule has 1 fully saturated rings. The van der Waals surface area contributed by atoms with Crippen LogP contribution >= 0.6 is 0 Å².